The fourth-order valence-corrected chi connectivity index (χ4v) is 6.34. The number of phenols is 1. The number of rotatable bonds is 0. The molecule has 5 nitrogen and oxygen atoms in total. The number of para-hydroxylation sites is 2. The normalized spacial score (nSPS) is 8.60. The molecule has 0 unspecified atom stereocenters. The van der Waals surface area contributed by atoms with Crippen LogP contribution in [0.1, 0.15) is 403 Å². The van der Waals surface area contributed by atoms with Crippen LogP contribution in [-0.4, -0.2) is 46.8 Å². The van der Waals surface area contributed by atoms with Crippen LogP contribution in [0.5, 0.6) is 17.2 Å². The highest BCUT2D eigenvalue weighted by Gasteiger charge is 2.19. The molecular weight excluding hydrogens is 1250 g/mol. The van der Waals surface area contributed by atoms with E-state index in [1.165, 1.54) is 92.2 Å². The molecule has 5 heteroatoms. The predicted molar refractivity (Wildman–Crippen MR) is 498 cm³/mol. The Balaban J connectivity index is -0.0000000340. The first kappa shape index (κ1) is 159. The monoisotopic (exact) mass is 1450 g/mol. The smallest absolute Gasteiger partial charge is 0.126 e. The lowest BCUT2D eigenvalue weighted by Crippen LogP contribution is -2.13. The van der Waals surface area contributed by atoms with E-state index in [1.807, 2.05) is 424 Å². The summed E-state index contributed by atoms with van der Waals surface area (Å²) in [5.74, 6) is 2.60. The number of benzene rings is 5. The fraction of sp³-hybridized carbons (Fsp3) is 0.670. The van der Waals surface area contributed by atoms with Gasteiger partial charge in [-0.25, -0.2) is 0 Å². The van der Waals surface area contributed by atoms with Crippen molar-refractivity contribution in [3.05, 3.63) is 166 Å². The first-order chi connectivity index (χ1) is 50.5. The van der Waals surface area contributed by atoms with Gasteiger partial charge in [-0.2, -0.15) is 0 Å². The number of hydrogen-bond acceptors (Lipinski definition) is 5. The van der Waals surface area contributed by atoms with Crippen LogP contribution in [0, 0.1) is 6.92 Å². The van der Waals surface area contributed by atoms with Gasteiger partial charge in [-0.15, -0.1) is 0 Å². The van der Waals surface area contributed by atoms with Crippen molar-refractivity contribution >= 4 is 6.08 Å². The number of fused-ring (bicyclic) bond motifs is 5. The Morgan fingerprint density at radius 3 is 0.843 bits per heavy atom. The Kier molecular flexibility index (Phi) is 340. The molecule has 9 rings (SSSR count). The summed E-state index contributed by atoms with van der Waals surface area (Å²) in [6.07, 6.45) is 17.1. The number of aromatic hydroxyl groups is 1. The van der Waals surface area contributed by atoms with Crippen LogP contribution >= 0.6 is 0 Å². The first-order valence-electron chi connectivity index (χ1n) is 43.3. The van der Waals surface area contributed by atoms with Gasteiger partial charge in [0.05, 0.1) is 6.61 Å². The minimum atomic E-state index is 0.368. The van der Waals surface area contributed by atoms with Crippen LogP contribution in [0.15, 0.2) is 127 Å². The molecule has 102 heavy (non-hydrogen) atoms. The molecule has 0 fully saturated rings. The van der Waals surface area contributed by atoms with E-state index in [2.05, 4.69) is 51.9 Å². The second-order valence-electron chi connectivity index (χ2n) is 13.3. The zero-order chi connectivity index (χ0) is 86.6. The van der Waals surface area contributed by atoms with Crippen molar-refractivity contribution in [1.29, 1.82) is 0 Å². The summed E-state index contributed by atoms with van der Waals surface area (Å²) in [5.41, 5.74) is 9.76. The highest BCUT2D eigenvalue weighted by molar-refractivity contribution is 5.58. The van der Waals surface area contributed by atoms with E-state index in [9.17, 15) is 0 Å². The van der Waals surface area contributed by atoms with Gasteiger partial charge in [0.25, 0.3) is 0 Å². The molecular formula is C97H206O5. The molecule has 5 aromatic rings. The molecule has 4 aliphatic rings. The van der Waals surface area contributed by atoms with Crippen LogP contribution in [0.4, 0.5) is 0 Å². The largest absolute Gasteiger partial charge is 0.508 e. The number of hydrogen-bond donors (Lipinski definition) is 1. The van der Waals surface area contributed by atoms with Crippen molar-refractivity contribution in [2.24, 2.45) is 0 Å². The molecule has 5 aromatic carbocycles. The number of aryl methyl sites for hydroxylation is 5. The summed E-state index contributed by atoms with van der Waals surface area (Å²) in [5, 5.41) is 8.92. The number of ether oxygens (including phenoxy) is 4. The minimum absolute atomic E-state index is 0.368. The third kappa shape index (κ3) is 135. The molecule has 0 amide bonds. The van der Waals surface area contributed by atoms with Gasteiger partial charge < -0.3 is 24.1 Å². The van der Waals surface area contributed by atoms with Crippen molar-refractivity contribution in [3.63, 3.8) is 0 Å². The maximum Gasteiger partial charge on any atom is 0.126 e. The summed E-state index contributed by atoms with van der Waals surface area (Å²) >= 11 is 0. The highest BCUT2D eigenvalue weighted by Crippen LogP contribution is 2.35. The van der Waals surface area contributed by atoms with Gasteiger partial charge in [-0.1, -0.05) is 448 Å². The summed E-state index contributed by atoms with van der Waals surface area (Å²) in [6.45, 7) is 99.5. The molecule has 0 saturated heterocycles. The van der Waals surface area contributed by atoms with Gasteiger partial charge in [-0.05, 0) is 123 Å². The molecule has 0 atom stereocenters. The van der Waals surface area contributed by atoms with E-state index < -0.39 is 0 Å². The van der Waals surface area contributed by atoms with Crippen molar-refractivity contribution < 1.29 is 24.1 Å². The Bertz CT molecular complexity index is 1640. The average Bonchev–Trinajstić information content (AvgIpc) is 0.803. The molecule has 0 spiro atoms. The molecule has 0 bridgehead atoms. The lowest BCUT2D eigenvalue weighted by Gasteiger charge is -2.25. The van der Waals surface area contributed by atoms with Crippen LogP contribution in [0.2, 0.25) is 0 Å². The topological polar surface area (TPSA) is 57.2 Å². The van der Waals surface area contributed by atoms with Gasteiger partial charge in [0.1, 0.15) is 23.9 Å². The standard InChI is InChI=1S/C13H16O.C10H12.C9H8O.C7H8O.C6H6.2C2H6O.24C2H6/c1-2-6-12-10(4-1)7-8-11-5-3-9-14-13(11)12;1-2-6-10-8-4-3-7-9(10)5-1;1-2-6-9-8(4-1)5-3-7-10-9;1-6-4-2-3-5-7(6)8;1-2-4-6-5-3-1;2*1-3-2;24*1-2/h7-8H,1-6,9H2;1-2,5-6H,3-4,7-8H2;1-6H,7H2;2-5,8H,1H3;1-6H;2*1-2H3;24*1-2H3. The lowest BCUT2D eigenvalue weighted by atomic mass is 9.88. The molecule has 1 N–H and O–H groups in total. The quantitative estimate of drug-likeness (QED) is 0.167. The summed E-state index contributed by atoms with van der Waals surface area (Å²) in [4.78, 5) is 0. The Morgan fingerprint density at radius 1 is 0.275 bits per heavy atom. The van der Waals surface area contributed by atoms with Gasteiger partial charge >= 0.3 is 0 Å². The van der Waals surface area contributed by atoms with Crippen LogP contribution in [0.3, 0.4) is 0 Å². The Morgan fingerprint density at radius 2 is 0.539 bits per heavy atom. The molecule has 0 radical (unpaired) electrons. The van der Waals surface area contributed by atoms with E-state index in [-0.39, 0.29) is 0 Å². The van der Waals surface area contributed by atoms with E-state index in [0.29, 0.717) is 12.4 Å². The van der Waals surface area contributed by atoms with E-state index >= 15 is 0 Å². The Labute approximate surface area is 655 Å². The first-order valence-corrected chi connectivity index (χ1v) is 43.3. The van der Waals surface area contributed by atoms with Crippen molar-refractivity contribution in [2.75, 3.05) is 41.7 Å². The van der Waals surface area contributed by atoms with Crippen LogP contribution in [-0.2, 0) is 41.6 Å². The zero-order valence-corrected chi connectivity index (χ0v) is 81.3. The van der Waals surface area contributed by atoms with Crippen molar-refractivity contribution in [3.8, 4) is 17.2 Å². The van der Waals surface area contributed by atoms with E-state index in [0.717, 1.165) is 17.9 Å². The summed E-state index contributed by atoms with van der Waals surface area (Å²) in [6, 6.07) is 40.7. The van der Waals surface area contributed by atoms with E-state index in [1.54, 1.807) is 45.6 Å². The molecule has 2 aliphatic heterocycles. The van der Waals surface area contributed by atoms with Gasteiger partial charge in [0.2, 0.25) is 0 Å². The van der Waals surface area contributed by atoms with Gasteiger partial charge in [0, 0.05) is 34.0 Å². The maximum atomic E-state index is 8.92. The SMILES string of the molecule is C1=Cc2ccccc2OC1.CC.CC.CC.CC.CC.CC.CC.CC.CC.CC.CC.CC.CC.CC.CC.CC.CC.CC.CC.CC.CC.CC.CC.CC.COC.COC.Cc1ccccc1O.c1cc2c(c3c1CCCC3)OCCC2.c1ccc2c(c1)CCCC2.c1ccccc1. The molecule has 0 aromatic heterocycles. The lowest BCUT2D eigenvalue weighted by molar-refractivity contribution is 0.277. The summed E-state index contributed by atoms with van der Waals surface area (Å²) < 4.78 is 19.7. The van der Waals surface area contributed by atoms with Crippen molar-refractivity contribution in [2.45, 2.75) is 403 Å². The minimum Gasteiger partial charge on any atom is -0.508 e. The summed E-state index contributed by atoms with van der Waals surface area (Å²) in [7, 11) is 6.50. The maximum absolute atomic E-state index is 8.92. The zero-order valence-electron chi connectivity index (χ0n) is 81.3. The molecule has 624 valence electrons. The van der Waals surface area contributed by atoms with Crippen LogP contribution in [0.25, 0.3) is 6.08 Å². The number of phenolic OH excluding ortho intramolecular Hbond substituents is 1. The fourth-order valence-electron chi connectivity index (χ4n) is 6.34. The molecule has 2 heterocycles. The van der Waals surface area contributed by atoms with E-state index in [4.69, 9.17) is 14.6 Å². The van der Waals surface area contributed by atoms with Crippen LogP contribution < -0.4 is 9.47 Å². The van der Waals surface area contributed by atoms with Crippen molar-refractivity contribution in [1.82, 2.24) is 0 Å². The highest BCUT2D eigenvalue weighted by atomic mass is 16.5. The molecule has 2 aliphatic carbocycles. The number of methoxy groups -OCH3 is 2. The Hall–Kier alpha value is -4.84. The second kappa shape index (κ2) is 218. The average molecular weight is 1450 g/mol. The van der Waals surface area contributed by atoms with Gasteiger partial charge in [-0.3, -0.25) is 0 Å². The molecule has 0 saturated carbocycles. The third-order valence-corrected chi connectivity index (χ3v) is 8.99. The third-order valence-electron chi connectivity index (χ3n) is 8.99. The predicted octanol–water partition coefficient (Wildman–Crippen LogP) is 36.1. The van der Waals surface area contributed by atoms with Gasteiger partial charge in [0.15, 0.2) is 0 Å². The second-order valence-corrected chi connectivity index (χ2v) is 13.3.